The molecule has 0 radical (unpaired) electrons. The Kier molecular flexibility index (Phi) is 8.37. The summed E-state index contributed by atoms with van der Waals surface area (Å²) in [6.07, 6.45) is 3.38. The monoisotopic (exact) mass is 457 g/mol. The number of nitrogens with one attached hydrogen (secondary N) is 1. The number of anilines is 1. The number of hydrogen-bond donors (Lipinski definition) is 2. The Morgan fingerprint density at radius 2 is 1.80 bits per heavy atom. The fraction of sp³-hybridized carbons (Fsp3) is 0.238. The van der Waals surface area contributed by atoms with E-state index in [0.29, 0.717) is 28.5 Å². The zero-order chi connectivity index (χ0) is 22.4. The van der Waals surface area contributed by atoms with Crippen LogP contribution < -0.4 is 5.32 Å². The number of allylic oxidation sites excluding steroid dienone is 1. The minimum Gasteiger partial charge on any atom is -0.478 e. The Balaban J connectivity index is 2.10. The molecule has 30 heavy (non-hydrogen) atoms. The molecule has 0 fully saturated rings. The predicted molar refractivity (Wildman–Crippen MR) is 112 cm³/mol. The molecule has 0 spiro atoms. The number of thioether (sulfide) groups is 1. The number of aliphatic carboxylic acids is 1. The summed E-state index contributed by atoms with van der Waals surface area (Å²) in [5.74, 6) is -6.04. The standard InChI is InChI=1S/C21H19ClF3NO3S/c1-11(3-6-19(27)28)7-12(2)30-18-8-13(4-5-15(18)22)21(29)26-14-9-16(23)20(25)17(24)10-14/h3-6,8-12H,7H2,1-2H3,(H,26,29)(H,27,28)/b6-3+. The molecule has 1 amide bonds. The van der Waals surface area contributed by atoms with Crippen LogP contribution >= 0.6 is 23.4 Å². The number of carbonyl (C=O) groups is 2. The van der Waals surface area contributed by atoms with E-state index in [2.05, 4.69) is 5.32 Å². The van der Waals surface area contributed by atoms with Crippen LogP contribution in [0, 0.1) is 23.4 Å². The van der Waals surface area contributed by atoms with E-state index in [1.807, 2.05) is 13.8 Å². The normalized spacial score (nSPS) is 13.3. The van der Waals surface area contributed by atoms with Gasteiger partial charge in [0.15, 0.2) is 17.5 Å². The van der Waals surface area contributed by atoms with E-state index in [1.54, 1.807) is 12.1 Å². The Labute approximate surface area is 181 Å². The Hall–Kier alpha value is -2.45. The second-order valence-corrected chi connectivity index (χ2v) is 8.58. The second kappa shape index (κ2) is 10.5. The van der Waals surface area contributed by atoms with Gasteiger partial charge >= 0.3 is 5.97 Å². The maximum Gasteiger partial charge on any atom is 0.327 e. The summed E-state index contributed by atoms with van der Waals surface area (Å²) in [6, 6.07) is 5.92. The van der Waals surface area contributed by atoms with Gasteiger partial charge in [-0.15, -0.1) is 11.8 Å². The zero-order valence-electron chi connectivity index (χ0n) is 16.1. The van der Waals surface area contributed by atoms with Crippen LogP contribution in [0.2, 0.25) is 5.02 Å². The second-order valence-electron chi connectivity index (χ2n) is 6.69. The number of hydrogen-bond acceptors (Lipinski definition) is 3. The van der Waals surface area contributed by atoms with Gasteiger partial charge in [-0.2, -0.15) is 0 Å². The third-order valence-electron chi connectivity index (χ3n) is 4.03. The molecule has 4 nitrogen and oxygen atoms in total. The summed E-state index contributed by atoms with van der Waals surface area (Å²) in [7, 11) is 0. The van der Waals surface area contributed by atoms with Crippen molar-refractivity contribution in [3.05, 3.63) is 70.5 Å². The highest BCUT2D eigenvalue weighted by Gasteiger charge is 2.16. The number of halogens is 4. The molecule has 2 aromatic rings. The average molecular weight is 458 g/mol. The van der Waals surface area contributed by atoms with E-state index in [-0.39, 0.29) is 22.4 Å². The van der Waals surface area contributed by atoms with Crippen LogP contribution in [-0.2, 0) is 4.79 Å². The fourth-order valence-electron chi connectivity index (χ4n) is 2.68. The van der Waals surface area contributed by atoms with Crippen molar-refractivity contribution in [3.63, 3.8) is 0 Å². The highest BCUT2D eigenvalue weighted by atomic mass is 35.5. The highest BCUT2D eigenvalue weighted by molar-refractivity contribution is 8.00. The lowest BCUT2D eigenvalue weighted by molar-refractivity contribution is -0.131. The molecule has 0 aromatic heterocycles. The fourth-order valence-corrected chi connectivity index (χ4v) is 4.14. The van der Waals surface area contributed by atoms with E-state index in [0.717, 1.165) is 6.08 Å². The van der Waals surface area contributed by atoms with Crippen molar-refractivity contribution < 1.29 is 27.9 Å². The first-order chi connectivity index (χ1) is 14.1. The van der Waals surface area contributed by atoms with Crippen molar-refractivity contribution >= 4 is 40.9 Å². The van der Waals surface area contributed by atoms with Gasteiger partial charge in [0.25, 0.3) is 5.91 Å². The maximum absolute atomic E-state index is 13.3. The zero-order valence-corrected chi connectivity index (χ0v) is 17.7. The van der Waals surface area contributed by atoms with Crippen molar-refractivity contribution in [2.75, 3.05) is 5.32 Å². The van der Waals surface area contributed by atoms with Gasteiger partial charge in [0.05, 0.1) is 5.02 Å². The van der Waals surface area contributed by atoms with Gasteiger partial charge in [0, 0.05) is 39.6 Å². The van der Waals surface area contributed by atoms with Gasteiger partial charge in [-0.3, -0.25) is 4.79 Å². The number of carboxylic acids is 1. The molecular weight excluding hydrogens is 439 g/mol. The van der Waals surface area contributed by atoms with E-state index >= 15 is 0 Å². The Morgan fingerprint density at radius 1 is 1.17 bits per heavy atom. The minimum absolute atomic E-state index is 0.0251. The van der Waals surface area contributed by atoms with Crippen molar-refractivity contribution in [2.24, 2.45) is 5.92 Å². The molecule has 2 atom stereocenters. The molecule has 2 N–H and O–H groups in total. The molecule has 0 heterocycles. The maximum atomic E-state index is 13.3. The van der Waals surface area contributed by atoms with E-state index in [9.17, 15) is 22.8 Å². The highest BCUT2D eigenvalue weighted by Crippen LogP contribution is 2.34. The first-order valence-corrected chi connectivity index (χ1v) is 10.2. The van der Waals surface area contributed by atoms with Gasteiger partial charge in [0.2, 0.25) is 0 Å². The van der Waals surface area contributed by atoms with Crippen LogP contribution in [0.5, 0.6) is 0 Å². The van der Waals surface area contributed by atoms with Gasteiger partial charge in [-0.25, -0.2) is 18.0 Å². The SMILES string of the molecule is CC(/C=C/C(=O)O)CC(C)Sc1cc(C(=O)Nc2cc(F)c(F)c(F)c2)ccc1Cl. The van der Waals surface area contributed by atoms with E-state index in [4.69, 9.17) is 16.7 Å². The molecule has 0 saturated carbocycles. The Morgan fingerprint density at radius 3 is 2.40 bits per heavy atom. The quantitative estimate of drug-likeness (QED) is 0.283. The number of carbonyl (C=O) groups excluding carboxylic acids is 1. The third-order valence-corrected chi connectivity index (χ3v) is 5.66. The third kappa shape index (κ3) is 6.81. The summed E-state index contributed by atoms with van der Waals surface area (Å²) in [4.78, 5) is 23.7. The molecule has 0 aliphatic rings. The van der Waals surface area contributed by atoms with Crippen LogP contribution in [0.15, 0.2) is 47.4 Å². The van der Waals surface area contributed by atoms with Crippen LogP contribution in [0.4, 0.5) is 18.9 Å². The van der Waals surface area contributed by atoms with E-state index < -0.39 is 29.3 Å². The average Bonchev–Trinajstić information content (AvgIpc) is 2.66. The Bertz CT molecular complexity index is 961. The van der Waals surface area contributed by atoms with Crippen LogP contribution in [-0.4, -0.2) is 22.2 Å². The smallest absolute Gasteiger partial charge is 0.327 e. The lowest BCUT2D eigenvalue weighted by atomic mass is 10.1. The lowest BCUT2D eigenvalue weighted by Gasteiger charge is -2.16. The molecule has 2 rings (SSSR count). The molecule has 160 valence electrons. The molecule has 0 bridgehead atoms. The number of benzene rings is 2. The summed E-state index contributed by atoms with van der Waals surface area (Å²) >= 11 is 7.63. The molecule has 2 aromatic carbocycles. The van der Waals surface area contributed by atoms with Gasteiger partial charge in [0.1, 0.15) is 0 Å². The van der Waals surface area contributed by atoms with Gasteiger partial charge < -0.3 is 10.4 Å². The molecule has 0 aliphatic heterocycles. The topological polar surface area (TPSA) is 66.4 Å². The van der Waals surface area contributed by atoms with E-state index in [1.165, 1.54) is 23.9 Å². The lowest BCUT2D eigenvalue weighted by Crippen LogP contribution is -2.13. The summed E-state index contributed by atoms with van der Waals surface area (Å²) < 4.78 is 39.7. The van der Waals surface area contributed by atoms with Crippen LogP contribution in [0.1, 0.15) is 30.6 Å². The molecule has 2 unspecified atom stereocenters. The van der Waals surface area contributed by atoms with Crippen LogP contribution in [0.25, 0.3) is 0 Å². The first-order valence-electron chi connectivity index (χ1n) is 8.90. The molecule has 0 saturated heterocycles. The number of carboxylic acid groups (broad SMARTS) is 1. The largest absolute Gasteiger partial charge is 0.478 e. The first kappa shape index (κ1) is 23.8. The van der Waals surface area contributed by atoms with Crippen LogP contribution in [0.3, 0.4) is 0 Å². The number of amides is 1. The minimum atomic E-state index is -1.61. The van der Waals surface area contributed by atoms with Gasteiger partial charge in [-0.05, 0) is 30.5 Å². The number of rotatable bonds is 8. The van der Waals surface area contributed by atoms with Crippen molar-refractivity contribution in [1.82, 2.24) is 0 Å². The van der Waals surface area contributed by atoms with Crippen molar-refractivity contribution in [3.8, 4) is 0 Å². The van der Waals surface area contributed by atoms with Crippen molar-refractivity contribution in [1.29, 1.82) is 0 Å². The summed E-state index contributed by atoms with van der Waals surface area (Å²) in [5, 5.41) is 11.5. The summed E-state index contributed by atoms with van der Waals surface area (Å²) in [5.41, 5.74) is -0.00831. The predicted octanol–water partition coefficient (Wildman–Crippen LogP) is 6.16. The van der Waals surface area contributed by atoms with Gasteiger partial charge in [-0.1, -0.05) is 31.5 Å². The van der Waals surface area contributed by atoms with Crippen molar-refractivity contribution in [2.45, 2.75) is 30.4 Å². The summed E-state index contributed by atoms with van der Waals surface area (Å²) in [6.45, 7) is 3.84. The molecular formula is C21H19ClF3NO3S. The molecule has 0 aliphatic carbocycles. The molecule has 9 heteroatoms.